The van der Waals surface area contributed by atoms with Crippen molar-refractivity contribution in [2.45, 2.75) is 6.42 Å². The first-order valence-corrected chi connectivity index (χ1v) is 4.67. The van der Waals surface area contributed by atoms with Crippen LogP contribution in [-0.2, 0) is 16.0 Å². The molecule has 1 rings (SSSR count). The number of carbonyl (C=O) groups excluding carboxylic acids is 2. The number of benzene rings is 1. The molecule has 0 radical (unpaired) electrons. The zero-order chi connectivity index (χ0) is 12.7. The third-order valence-corrected chi connectivity index (χ3v) is 1.88. The van der Waals surface area contributed by atoms with E-state index in [-0.39, 0.29) is 6.42 Å². The average Bonchev–Trinajstić information content (AvgIpc) is 2.31. The Labute approximate surface area is 97.2 Å². The molecule has 0 spiro atoms. The first kappa shape index (κ1) is 12.4. The Morgan fingerprint density at radius 1 is 1.35 bits per heavy atom. The van der Waals surface area contributed by atoms with E-state index in [1.807, 2.05) is 5.32 Å². The fraction of sp³-hybridized carbons (Fsp3) is 0.0909. The summed E-state index contributed by atoms with van der Waals surface area (Å²) in [6.07, 6.45) is 0.0106. The number of nitrogens with one attached hydrogen (secondary N) is 1. The van der Waals surface area contributed by atoms with Crippen LogP contribution in [0.5, 0.6) is 0 Å². The molecule has 0 fully saturated rings. The number of amides is 2. The van der Waals surface area contributed by atoms with Crippen LogP contribution in [0.2, 0.25) is 0 Å². The number of imide groups is 1. The van der Waals surface area contributed by atoms with E-state index >= 15 is 0 Å². The Morgan fingerprint density at radius 2 is 2.00 bits per heavy atom. The van der Waals surface area contributed by atoms with E-state index in [4.69, 9.17) is 10.5 Å². The Bertz CT molecular complexity index is 488. The second-order valence-corrected chi connectivity index (χ2v) is 3.10. The van der Waals surface area contributed by atoms with Gasteiger partial charge in [0.2, 0.25) is 11.6 Å². The number of hydrogen-bond donors (Lipinski definition) is 2. The van der Waals surface area contributed by atoms with Crippen molar-refractivity contribution < 1.29 is 14.8 Å². The fourth-order valence-corrected chi connectivity index (χ4v) is 1.13. The van der Waals surface area contributed by atoms with E-state index in [2.05, 4.69) is 5.16 Å². The molecule has 86 valence electrons. The van der Waals surface area contributed by atoms with Gasteiger partial charge in [0, 0.05) is 0 Å². The van der Waals surface area contributed by atoms with Crippen LogP contribution in [0.3, 0.4) is 0 Å². The van der Waals surface area contributed by atoms with Crippen LogP contribution in [0.15, 0.2) is 35.5 Å². The standard InChI is InChI=1S/C11H9N3O3/c12-7-9(14-17)11(16)13-10(15)6-8-4-2-1-3-5-8/h1-5,17H,6H2,(H,13,15,16). The molecule has 2 N–H and O–H groups in total. The summed E-state index contributed by atoms with van der Waals surface area (Å²) < 4.78 is 0. The third-order valence-electron chi connectivity index (χ3n) is 1.88. The molecule has 0 aliphatic rings. The minimum atomic E-state index is -1.02. The molecule has 0 atom stereocenters. The van der Waals surface area contributed by atoms with E-state index in [9.17, 15) is 9.59 Å². The Balaban J connectivity index is 2.57. The molecule has 17 heavy (non-hydrogen) atoms. The van der Waals surface area contributed by atoms with E-state index in [0.717, 1.165) is 5.56 Å². The van der Waals surface area contributed by atoms with Crippen molar-refractivity contribution in [1.82, 2.24) is 5.32 Å². The second kappa shape index (κ2) is 6.02. The second-order valence-electron chi connectivity index (χ2n) is 3.10. The first-order valence-electron chi connectivity index (χ1n) is 4.67. The van der Waals surface area contributed by atoms with Crippen molar-refractivity contribution in [2.75, 3.05) is 0 Å². The zero-order valence-electron chi connectivity index (χ0n) is 8.75. The molecule has 1 aromatic rings. The summed E-state index contributed by atoms with van der Waals surface area (Å²) in [7, 11) is 0. The predicted molar refractivity (Wildman–Crippen MR) is 58.1 cm³/mol. The van der Waals surface area contributed by atoms with Gasteiger partial charge >= 0.3 is 0 Å². The summed E-state index contributed by atoms with van der Waals surface area (Å²) in [5.74, 6) is -1.59. The van der Waals surface area contributed by atoms with Crippen molar-refractivity contribution in [3.8, 4) is 6.07 Å². The highest BCUT2D eigenvalue weighted by molar-refractivity contribution is 6.46. The minimum absolute atomic E-state index is 0.0106. The lowest BCUT2D eigenvalue weighted by Gasteiger charge is -2.01. The summed E-state index contributed by atoms with van der Waals surface area (Å²) in [5.41, 5.74) is -0.0244. The van der Waals surface area contributed by atoms with Gasteiger partial charge in [0.05, 0.1) is 6.42 Å². The SMILES string of the molecule is N#CC(=NO)C(=O)NC(=O)Cc1ccccc1. The number of hydrogen-bond acceptors (Lipinski definition) is 5. The molecule has 0 saturated carbocycles. The monoisotopic (exact) mass is 231 g/mol. The molecule has 0 aliphatic carbocycles. The normalized spacial score (nSPS) is 10.4. The summed E-state index contributed by atoms with van der Waals surface area (Å²) in [5, 5.41) is 21.1. The predicted octanol–water partition coefficient (Wildman–Crippen LogP) is 0.226. The molecule has 2 amide bonds. The summed E-state index contributed by atoms with van der Waals surface area (Å²) in [6, 6.07) is 10.2. The van der Waals surface area contributed by atoms with Gasteiger partial charge in [0.1, 0.15) is 6.07 Å². The smallest absolute Gasteiger partial charge is 0.290 e. The Morgan fingerprint density at radius 3 is 2.53 bits per heavy atom. The van der Waals surface area contributed by atoms with Gasteiger partial charge in [-0.3, -0.25) is 14.9 Å². The highest BCUT2D eigenvalue weighted by Crippen LogP contribution is 1.98. The molecule has 6 heteroatoms. The molecule has 0 bridgehead atoms. The van der Waals surface area contributed by atoms with Crippen LogP contribution >= 0.6 is 0 Å². The Kier molecular flexibility index (Phi) is 4.39. The largest absolute Gasteiger partial charge is 0.410 e. The summed E-state index contributed by atoms with van der Waals surface area (Å²) in [4.78, 5) is 22.5. The molecular weight excluding hydrogens is 222 g/mol. The maximum absolute atomic E-state index is 11.4. The third kappa shape index (κ3) is 3.76. The van der Waals surface area contributed by atoms with Gasteiger partial charge < -0.3 is 5.21 Å². The van der Waals surface area contributed by atoms with Crippen molar-refractivity contribution in [3.63, 3.8) is 0 Å². The number of rotatable bonds is 3. The van der Waals surface area contributed by atoms with E-state index in [1.54, 1.807) is 30.3 Å². The minimum Gasteiger partial charge on any atom is -0.410 e. The molecule has 1 aromatic carbocycles. The first-order chi connectivity index (χ1) is 8.17. The molecule has 0 saturated heterocycles. The van der Waals surface area contributed by atoms with Crippen molar-refractivity contribution in [3.05, 3.63) is 35.9 Å². The molecule has 0 aliphatic heterocycles. The van der Waals surface area contributed by atoms with Crippen LogP contribution in [0.4, 0.5) is 0 Å². The van der Waals surface area contributed by atoms with Gasteiger partial charge in [-0.15, -0.1) is 0 Å². The lowest BCUT2D eigenvalue weighted by Crippen LogP contribution is -2.36. The van der Waals surface area contributed by atoms with Gasteiger partial charge in [-0.2, -0.15) is 5.26 Å². The van der Waals surface area contributed by atoms with Crippen LogP contribution in [0.1, 0.15) is 5.56 Å². The van der Waals surface area contributed by atoms with E-state index < -0.39 is 17.5 Å². The number of nitriles is 1. The molecule has 0 unspecified atom stereocenters. The van der Waals surface area contributed by atoms with Gasteiger partial charge in [-0.25, -0.2) is 0 Å². The number of oxime groups is 1. The topological polar surface area (TPSA) is 103 Å². The fourth-order valence-electron chi connectivity index (χ4n) is 1.13. The average molecular weight is 231 g/mol. The summed E-state index contributed by atoms with van der Waals surface area (Å²) in [6.45, 7) is 0. The van der Waals surface area contributed by atoms with Crippen LogP contribution < -0.4 is 5.32 Å². The van der Waals surface area contributed by atoms with Gasteiger partial charge in [0.25, 0.3) is 5.91 Å². The summed E-state index contributed by atoms with van der Waals surface area (Å²) >= 11 is 0. The molecular formula is C11H9N3O3. The Hall–Kier alpha value is -2.68. The lowest BCUT2D eigenvalue weighted by atomic mass is 10.1. The highest BCUT2D eigenvalue weighted by Gasteiger charge is 2.14. The van der Waals surface area contributed by atoms with Crippen molar-refractivity contribution in [1.29, 1.82) is 5.26 Å². The molecule has 6 nitrogen and oxygen atoms in total. The lowest BCUT2D eigenvalue weighted by molar-refractivity contribution is -0.126. The maximum Gasteiger partial charge on any atom is 0.290 e. The zero-order valence-corrected chi connectivity index (χ0v) is 8.75. The maximum atomic E-state index is 11.4. The van der Waals surface area contributed by atoms with Crippen molar-refractivity contribution in [2.24, 2.45) is 5.16 Å². The highest BCUT2D eigenvalue weighted by atomic mass is 16.4. The number of carbonyl (C=O) groups is 2. The van der Waals surface area contributed by atoms with Gasteiger partial charge in [-0.05, 0) is 5.56 Å². The van der Waals surface area contributed by atoms with Crippen molar-refractivity contribution >= 4 is 17.5 Å². The van der Waals surface area contributed by atoms with E-state index in [0.29, 0.717) is 0 Å². The van der Waals surface area contributed by atoms with Crippen LogP contribution in [0.25, 0.3) is 0 Å². The van der Waals surface area contributed by atoms with Crippen LogP contribution in [0, 0.1) is 11.3 Å². The number of nitrogens with zero attached hydrogens (tertiary/aromatic N) is 2. The van der Waals surface area contributed by atoms with Gasteiger partial charge in [-0.1, -0.05) is 35.5 Å². The van der Waals surface area contributed by atoms with E-state index in [1.165, 1.54) is 6.07 Å². The molecule has 0 heterocycles. The molecule has 0 aromatic heterocycles. The quantitative estimate of drug-likeness (QED) is 0.441. The van der Waals surface area contributed by atoms with Crippen LogP contribution in [-0.4, -0.2) is 22.7 Å². The van der Waals surface area contributed by atoms with Gasteiger partial charge in [0.15, 0.2) is 0 Å².